The second-order valence-corrected chi connectivity index (χ2v) is 10.8. The summed E-state index contributed by atoms with van der Waals surface area (Å²) < 4.78 is 19.7. The molecule has 0 radical (unpaired) electrons. The maximum Gasteiger partial charge on any atom is 0.416 e. The Morgan fingerprint density at radius 2 is 1.00 bits per heavy atom. The van der Waals surface area contributed by atoms with E-state index in [2.05, 4.69) is 0 Å². The van der Waals surface area contributed by atoms with Crippen LogP contribution < -0.4 is 15.5 Å². The molecule has 0 bridgehead atoms. The van der Waals surface area contributed by atoms with Crippen LogP contribution in [-0.4, -0.2) is 57.8 Å². The summed E-state index contributed by atoms with van der Waals surface area (Å²) in [7, 11) is 3.19. The van der Waals surface area contributed by atoms with Crippen molar-refractivity contribution in [3.8, 4) is 0 Å². The number of anilines is 2. The highest BCUT2D eigenvalue weighted by Crippen LogP contribution is 2.18. The van der Waals surface area contributed by atoms with Crippen LogP contribution in [0.4, 0.5) is 21.0 Å². The van der Waals surface area contributed by atoms with E-state index in [9.17, 15) is 19.2 Å². The Bertz CT molecular complexity index is 1170. The van der Waals surface area contributed by atoms with Crippen molar-refractivity contribution in [2.45, 2.75) is 74.8 Å². The number of esters is 2. The third-order valence-corrected chi connectivity index (χ3v) is 6.70. The smallest absolute Gasteiger partial charge is 0.416 e. The minimum Gasteiger partial charge on any atom is -0.428 e. The average Bonchev–Trinajstić information content (AvgIpc) is 3.01. The summed E-state index contributed by atoms with van der Waals surface area (Å²) >= 11 is 0. The molecule has 0 aliphatic rings. The predicted molar refractivity (Wildman–Crippen MR) is 184 cm³/mol. The van der Waals surface area contributed by atoms with Gasteiger partial charge in [0.2, 0.25) is 13.6 Å². The van der Waals surface area contributed by atoms with Gasteiger partial charge >= 0.3 is 24.1 Å². The lowest BCUT2D eigenvalue weighted by atomic mass is 9.94. The van der Waals surface area contributed by atoms with Gasteiger partial charge < -0.3 is 24.7 Å². The monoisotopic (exact) mass is 667 g/mol. The van der Waals surface area contributed by atoms with Crippen molar-refractivity contribution in [2.75, 3.05) is 37.5 Å². The normalized spacial score (nSPS) is 11.3. The highest BCUT2D eigenvalue weighted by Gasteiger charge is 2.23. The van der Waals surface area contributed by atoms with E-state index in [1.807, 2.05) is 98.7 Å². The van der Waals surface area contributed by atoms with E-state index in [-0.39, 0.29) is 42.9 Å². The third kappa shape index (κ3) is 15.9. The van der Waals surface area contributed by atoms with Crippen LogP contribution in [0.2, 0.25) is 0 Å². The van der Waals surface area contributed by atoms with Gasteiger partial charge in [0.1, 0.15) is 6.04 Å². The molecule has 0 aromatic heterocycles. The second-order valence-electron chi connectivity index (χ2n) is 10.8. The number of aryl methyl sites for hydroxylation is 2. The molecule has 0 spiro atoms. The van der Waals surface area contributed by atoms with Gasteiger partial charge in [0.25, 0.3) is 0 Å². The molecule has 2 N–H and O–H groups in total. The zero-order valence-electron chi connectivity index (χ0n) is 29.2. The largest absolute Gasteiger partial charge is 0.428 e. The molecule has 0 saturated carbocycles. The Balaban J connectivity index is 0. The molecule has 12 heteroatoms. The molecule has 0 heterocycles. The average molecular weight is 668 g/mol. The maximum atomic E-state index is 11.9. The molecule has 0 aliphatic heterocycles. The van der Waals surface area contributed by atoms with Gasteiger partial charge in [-0.3, -0.25) is 19.4 Å². The molecule has 0 saturated heterocycles. The van der Waals surface area contributed by atoms with Crippen LogP contribution in [-0.2, 0) is 28.5 Å². The van der Waals surface area contributed by atoms with Gasteiger partial charge in [-0.1, -0.05) is 83.9 Å². The molecule has 46 heavy (non-hydrogen) atoms. The first-order valence-corrected chi connectivity index (χ1v) is 15.2. The fourth-order valence-corrected chi connectivity index (χ4v) is 3.60. The minimum atomic E-state index is -0.724. The summed E-state index contributed by atoms with van der Waals surface area (Å²) in [5.41, 5.74) is 9.23. The van der Waals surface area contributed by atoms with E-state index >= 15 is 0 Å². The number of hydrogen-bond acceptors (Lipinski definition) is 9. The quantitative estimate of drug-likeness (QED) is 0.194. The Labute approximate surface area is 281 Å². The number of hydrogen-bond donors (Lipinski definition) is 1. The molecule has 2 aromatic rings. The standard InChI is InChI=1S/C17H25NO4.C15H22N2O4.C2H6.ClH/c1-6-15(12(2)3)16(19)21-11-22-17(20)18(5)14-9-7-13(4)8-10-14;1-10(2)13(16)14(18)20-9-21-15(19)17(4)12-7-5-11(3)6-8-12;1-2;/h7-10,12,15H,6,11H2,1-5H3;5-8,10,13H,9,16H2,1-4H3;1-2H3;1H/t15-;13-;;/m00../s1. The lowest BCUT2D eigenvalue weighted by Gasteiger charge is -2.19. The van der Waals surface area contributed by atoms with Gasteiger partial charge in [-0.2, -0.15) is 0 Å². The van der Waals surface area contributed by atoms with E-state index in [1.165, 1.54) is 9.80 Å². The number of nitrogens with zero attached hydrogens (tertiary/aromatic N) is 2. The third-order valence-electron chi connectivity index (χ3n) is 6.70. The van der Waals surface area contributed by atoms with Gasteiger partial charge in [-0.15, -0.1) is 12.4 Å². The van der Waals surface area contributed by atoms with Crippen LogP contribution in [0.5, 0.6) is 0 Å². The molecule has 2 rings (SSSR count). The lowest BCUT2D eigenvalue weighted by molar-refractivity contribution is -0.158. The highest BCUT2D eigenvalue weighted by atomic mass is 35.5. The summed E-state index contributed by atoms with van der Waals surface area (Å²) in [5, 5.41) is 0. The highest BCUT2D eigenvalue weighted by molar-refractivity contribution is 5.87. The summed E-state index contributed by atoms with van der Waals surface area (Å²) in [6.45, 7) is 16.6. The van der Waals surface area contributed by atoms with Gasteiger partial charge in [-0.05, 0) is 56.4 Å². The van der Waals surface area contributed by atoms with E-state index < -0.39 is 31.0 Å². The topological polar surface area (TPSA) is 138 Å². The Morgan fingerprint density at radius 3 is 1.30 bits per heavy atom. The van der Waals surface area contributed by atoms with Gasteiger partial charge in [-0.25, -0.2) is 9.59 Å². The van der Waals surface area contributed by atoms with Crippen molar-refractivity contribution < 1.29 is 38.1 Å². The van der Waals surface area contributed by atoms with Gasteiger partial charge in [0.15, 0.2) is 0 Å². The fraction of sp³-hybridized carbons (Fsp3) is 0.529. The predicted octanol–water partition coefficient (Wildman–Crippen LogP) is 7.25. The summed E-state index contributed by atoms with van der Waals surface area (Å²) in [6.07, 6.45) is -0.465. The zero-order valence-corrected chi connectivity index (χ0v) is 30.0. The SMILES string of the molecule is CC.CC[C@H](C(=O)OCOC(=O)N(C)c1ccc(C)cc1)C(C)C.Cc1ccc(N(C)C(=O)OCOC(=O)[C@@H](N)C(C)C)cc1.Cl. The number of rotatable bonds is 11. The number of halogens is 1. The van der Waals surface area contributed by atoms with Crippen LogP contribution in [0.1, 0.15) is 66.0 Å². The second kappa shape index (κ2) is 23.5. The fourth-order valence-electron chi connectivity index (χ4n) is 3.60. The Kier molecular flexibility index (Phi) is 22.6. The van der Waals surface area contributed by atoms with Crippen LogP contribution in [0, 0.1) is 31.6 Å². The summed E-state index contributed by atoms with van der Waals surface area (Å²) in [4.78, 5) is 49.7. The Hall–Kier alpha value is -3.83. The number of nitrogens with two attached hydrogens (primary N) is 1. The van der Waals surface area contributed by atoms with Gasteiger partial charge in [0.05, 0.1) is 5.92 Å². The molecular weight excluding hydrogens is 614 g/mol. The zero-order chi connectivity index (χ0) is 34.7. The first-order chi connectivity index (χ1) is 21.2. The molecule has 2 aromatic carbocycles. The van der Waals surface area contributed by atoms with Gasteiger partial charge in [0, 0.05) is 25.5 Å². The molecule has 0 unspecified atom stereocenters. The molecule has 11 nitrogen and oxygen atoms in total. The first-order valence-electron chi connectivity index (χ1n) is 15.2. The summed E-state index contributed by atoms with van der Waals surface area (Å²) in [6, 6.07) is 14.1. The van der Waals surface area contributed by atoms with E-state index in [0.29, 0.717) is 12.1 Å². The van der Waals surface area contributed by atoms with Crippen molar-refractivity contribution in [1.29, 1.82) is 0 Å². The van der Waals surface area contributed by atoms with Crippen LogP contribution in [0.25, 0.3) is 0 Å². The van der Waals surface area contributed by atoms with E-state index in [4.69, 9.17) is 24.7 Å². The van der Waals surface area contributed by atoms with E-state index in [1.54, 1.807) is 26.2 Å². The minimum absolute atomic E-state index is 0. The molecule has 0 aliphatic carbocycles. The van der Waals surface area contributed by atoms with Crippen LogP contribution >= 0.6 is 12.4 Å². The van der Waals surface area contributed by atoms with E-state index in [0.717, 1.165) is 16.8 Å². The number of benzene rings is 2. The first kappa shape index (κ1) is 44.3. The molecule has 2 amide bonds. The number of amides is 2. The summed E-state index contributed by atoms with van der Waals surface area (Å²) in [5.74, 6) is -0.931. The van der Waals surface area contributed by atoms with Crippen molar-refractivity contribution in [2.24, 2.45) is 23.5 Å². The van der Waals surface area contributed by atoms with Crippen molar-refractivity contribution in [3.63, 3.8) is 0 Å². The number of carbonyl (C=O) groups excluding carboxylic acids is 4. The Morgan fingerprint density at radius 1 is 0.652 bits per heavy atom. The van der Waals surface area contributed by atoms with Crippen molar-refractivity contribution in [3.05, 3.63) is 59.7 Å². The molecule has 2 atom stereocenters. The number of ether oxygens (including phenoxy) is 4. The van der Waals surface area contributed by atoms with Crippen LogP contribution in [0.3, 0.4) is 0 Å². The molecule has 260 valence electrons. The van der Waals surface area contributed by atoms with Crippen molar-refractivity contribution in [1.82, 2.24) is 0 Å². The molecule has 0 fully saturated rings. The molecular formula is C34H54ClN3O8. The van der Waals surface area contributed by atoms with Crippen LogP contribution in [0.15, 0.2) is 48.5 Å². The maximum absolute atomic E-state index is 11.9. The van der Waals surface area contributed by atoms with Crippen molar-refractivity contribution >= 4 is 47.9 Å². The number of carbonyl (C=O) groups is 4. The lowest BCUT2D eigenvalue weighted by Crippen LogP contribution is -2.38.